The van der Waals surface area contributed by atoms with Crippen LogP contribution in [-0.4, -0.2) is 8.42 Å². The summed E-state index contributed by atoms with van der Waals surface area (Å²) in [5.74, 6) is 0. The molecule has 0 atom stereocenters. The Bertz CT molecular complexity index is 365. The lowest BCUT2D eigenvalue weighted by Crippen LogP contribution is -1.63. The summed E-state index contributed by atoms with van der Waals surface area (Å²) in [6, 6.07) is 24.0. The Morgan fingerprint density at radius 2 is 0.529 bits per heavy atom. The first kappa shape index (κ1) is 16.0. The molecule has 0 bridgehead atoms. The summed E-state index contributed by atoms with van der Waals surface area (Å²) >= 11 is 0. The number of benzene rings is 2. The van der Waals surface area contributed by atoms with Gasteiger partial charge in [-0.05, 0) is 0 Å². The summed E-state index contributed by atoms with van der Waals surface area (Å²) < 4.78 is 18.3. The first-order valence-electron chi connectivity index (χ1n) is 4.64. The molecule has 17 heavy (non-hydrogen) atoms. The molecule has 2 nitrogen and oxygen atoms in total. The Hall–Kier alpha value is -1.03. The van der Waals surface area contributed by atoms with Crippen LogP contribution in [0.2, 0.25) is 0 Å². The van der Waals surface area contributed by atoms with E-state index >= 15 is 0 Å². The molecular weight excluding hydrogens is 279 g/mol. The van der Waals surface area contributed by atoms with Gasteiger partial charge in [0, 0.05) is 21.4 Å². The Labute approximate surface area is 111 Å². The topological polar surface area (TPSA) is 34.1 Å². The summed E-state index contributed by atoms with van der Waals surface area (Å²) in [5, 5.41) is 0. The smallest absolute Gasteiger partial charge is 0.195 e. The normalized spacial score (nSPS) is 9.06. The van der Waals surface area contributed by atoms with Crippen LogP contribution in [0.5, 0.6) is 0 Å². The molecular formula is C12H12Cl2O2S. The van der Waals surface area contributed by atoms with E-state index in [4.69, 9.17) is 8.42 Å². The van der Waals surface area contributed by atoms with E-state index in [1.807, 2.05) is 72.8 Å². The van der Waals surface area contributed by atoms with Crippen LogP contribution in [0.25, 0.3) is 0 Å². The summed E-state index contributed by atoms with van der Waals surface area (Å²) in [4.78, 5) is 0. The molecule has 0 unspecified atom stereocenters. The van der Waals surface area contributed by atoms with Crippen LogP contribution in [0, 0.1) is 0 Å². The third kappa shape index (κ3) is 20.9. The average Bonchev–Trinajstić information content (AvgIpc) is 2.32. The highest BCUT2D eigenvalue weighted by Crippen LogP contribution is 1.98. The van der Waals surface area contributed by atoms with Crippen molar-refractivity contribution in [2.24, 2.45) is 0 Å². The van der Waals surface area contributed by atoms with E-state index in [1.54, 1.807) is 0 Å². The van der Waals surface area contributed by atoms with Crippen molar-refractivity contribution in [3.8, 4) is 0 Å². The van der Waals surface area contributed by atoms with E-state index in [9.17, 15) is 0 Å². The fourth-order valence-electron chi connectivity index (χ4n) is 0.770. The highest BCUT2D eigenvalue weighted by Gasteiger charge is 1.88. The van der Waals surface area contributed by atoms with Crippen molar-refractivity contribution < 1.29 is 8.42 Å². The zero-order valence-corrected chi connectivity index (χ0v) is 11.2. The van der Waals surface area contributed by atoms with Gasteiger partial charge in [0.2, 0.25) is 0 Å². The average molecular weight is 291 g/mol. The lowest BCUT2D eigenvalue weighted by atomic mass is 10.4. The van der Waals surface area contributed by atoms with Gasteiger partial charge in [-0.1, -0.05) is 72.8 Å². The van der Waals surface area contributed by atoms with Gasteiger partial charge in [0.25, 0.3) is 0 Å². The number of rotatable bonds is 0. The molecule has 0 spiro atoms. The van der Waals surface area contributed by atoms with Crippen molar-refractivity contribution in [2.75, 3.05) is 0 Å². The van der Waals surface area contributed by atoms with Crippen LogP contribution in [0.15, 0.2) is 72.8 Å². The molecule has 0 heterocycles. The fourth-order valence-corrected chi connectivity index (χ4v) is 0.770. The van der Waals surface area contributed by atoms with Gasteiger partial charge in [0.05, 0.1) is 0 Å². The molecule has 0 amide bonds. The number of hydrogen-bond donors (Lipinski definition) is 0. The molecule has 2 aromatic carbocycles. The van der Waals surface area contributed by atoms with Crippen molar-refractivity contribution in [3.63, 3.8) is 0 Å². The Kier molecular flexibility index (Phi) is 9.53. The van der Waals surface area contributed by atoms with Crippen LogP contribution in [0.1, 0.15) is 0 Å². The van der Waals surface area contributed by atoms with Crippen molar-refractivity contribution in [2.45, 2.75) is 0 Å². The minimum absolute atomic E-state index is 2.00. The van der Waals surface area contributed by atoms with E-state index in [0.717, 1.165) is 0 Å². The molecule has 0 aliphatic heterocycles. The quantitative estimate of drug-likeness (QED) is 0.685. The predicted molar refractivity (Wildman–Crippen MR) is 73.5 cm³/mol. The minimum atomic E-state index is -3.72. The predicted octanol–water partition coefficient (Wildman–Crippen LogP) is 4.08. The molecule has 5 heteroatoms. The minimum Gasteiger partial charge on any atom is -0.195 e. The maximum atomic E-state index is 9.16. The second kappa shape index (κ2) is 10.1. The van der Waals surface area contributed by atoms with Gasteiger partial charge >= 0.3 is 8.26 Å². The summed E-state index contributed by atoms with van der Waals surface area (Å²) in [7, 11) is 4.81. The number of halogens is 2. The van der Waals surface area contributed by atoms with Crippen molar-refractivity contribution in [3.05, 3.63) is 72.8 Å². The van der Waals surface area contributed by atoms with Crippen molar-refractivity contribution in [1.82, 2.24) is 0 Å². The van der Waals surface area contributed by atoms with Gasteiger partial charge in [-0.15, -0.1) is 0 Å². The largest absolute Gasteiger partial charge is 0.317 e. The van der Waals surface area contributed by atoms with Crippen LogP contribution in [0.4, 0.5) is 0 Å². The molecule has 2 rings (SSSR count). The molecule has 0 fully saturated rings. The van der Waals surface area contributed by atoms with Gasteiger partial charge in [-0.2, -0.15) is 8.42 Å². The summed E-state index contributed by atoms with van der Waals surface area (Å²) in [5.41, 5.74) is 0. The highest BCUT2D eigenvalue weighted by atomic mass is 36.0. The zero-order valence-electron chi connectivity index (χ0n) is 8.91. The summed E-state index contributed by atoms with van der Waals surface area (Å²) in [6.45, 7) is 0. The van der Waals surface area contributed by atoms with E-state index < -0.39 is 8.26 Å². The van der Waals surface area contributed by atoms with E-state index in [2.05, 4.69) is 21.4 Å². The second-order valence-corrected chi connectivity index (χ2v) is 6.36. The third-order valence-corrected chi connectivity index (χ3v) is 1.33. The molecule has 0 aliphatic rings. The van der Waals surface area contributed by atoms with Gasteiger partial charge in [0.1, 0.15) is 0 Å². The standard InChI is InChI=1S/2C6H6.Cl2O2S/c2*1-2-4-6-5-3-1;1-5(2,3)4/h2*1-6H;. The van der Waals surface area contributed by atoms with Crippen LogP contribution in [0.3, 0.4) is 0 Å². The van der Waals surface area contributed by atoms with Crippen LogP contribution < -0.4 is 0 Å². The first-order valence-corrected chi connectivity index (χ1v) is 7.78. The van der Waals surface area contributed by atoms with E-state index in [-0.39, 0.29) is 0 Å². The van der Waals surface area contributed by atoms with Gasteiger partial charge < -0.3 is 0 Å². The molecule has 0 aromatic heterocycles. The monoisotopic (exact) mass is 290 g/mol. The molecule has 0 radical (unpaired) electrons. The third-order valence-electron chi connectivity index (χ3n) is 1.33. The fraction of sp³-hybridized carbons (Fsp3) is 0. The zero-order chi connectivity index (χ0) is 13.0. The molecule has 0 aliphatic carbocycles. The summed E-state index contributed by atoms with van der Waals surface area (Å²) in [6.07, 6.45) is 0. The lowest BCUT2D eigenvalue weighted by molar-refractivity contribution is 0.621. The Morgan fingerprint density at radius 1 is 0.471 bits per heavy atom. The van der Waals surface area contributed by atoms with Gasteiger partial charge in [-0.3, -0.25) is 0 Å². The molecule has 0 N–H and O–H groups in total. The molecule has 0 saturated carbocycles. The SMILES string of the molecule is O=S(=O)(Cl)Cl.c1ccccc1.c1ccccc1. The van der Waals surface area contributed by atoms with Crippen LogP contribution in [-0.2, 0) is 8.26 Å². The maximum absolute atomic E-state index is 9.16. The van der Waals surface area contributed by atoms with E-state index in [1.165, 1.54) is 0 Å². The van der Waals surface area contributed by atoms with Crippen LogP contribution >= 0.6 is 21.4 Å². The lowest BCUT2D eigenvalue weighted by Gasteiger charge is -1.69. The Morgan fingerprint density at radius 3 is 0.588 bits per heavy atom. The van der Waals surface area contributed by atoms with Crippen molar-refractivity contribution >= 4 is 29.6 Å². The molecule has 0 saturated heterocycles. The highest BCUT2D eigenvalue weighted by molar-refractivity contribution is 8.31. The number of hydrogen-bond acceptors (Lipinski definition) is 2. The maximum Gasteiger partial charge on any atom is 0.317 e. The second-order valence-electron chi connectivity index (χ2n) is 2.69. The van der Waals surface area contributed by atoms with Gasteiger partial charge in [-0.25, -0.2) is 0 Å². The van der Waals surface area contributed by atoms with Crippen molar-refractivity contribution in [1.29, 1.82) is 0 Å². The Balaban J connectivity index is 0.000000228. The molecule has 2 aromatic rings. The molecule has 92 valence electrons. The van der Waals surface area contributed by atoms with E-state index in [0.29, 0.717) is 0 Å². The first-order chi connectivity index (χ1) is 8.00. The van der Waals surface area contributed by atoms with Gasteiger partial charge in [0.15, 0.2) is 0 Å².